The maximum atomic E-state index is 13.0. The lowest BCUT2D eigenvalue weighted by molar-refractivity contribution is -0.137. The minimum atomic E-state index is -1.07. The average Bonchev–Trinajstić information content (AvgIpc) is 2.86. The SMILES string of the molecule is CCN(CC(=O)O)C(=O)c1cnn(-c2ccc(F)cc2)c1C. The van der Waals surface area contributed by atoms with Crippen LogP contribution in [0.5, 0.6) is 0 Å². The molecule has 7 heteroatoms. The summed E-state index contributed by atoms with van der Waals surface area (Å²) in [6.45, 7) is 3.33. The Hall–Kier alpha value is -2.70. The summed E-state index contributed by atoms with van der Waals surface area (Å²) in [7, 11) is 0. The third kappa shape index (κ3) is 3.13. The summed E-state index contributed by atoms with van der Waals surface area (Å²) in [4.78, 5) is 24.4. The van der Waals surface area contributed by atoms with Gasteiger partial charge in [0.1, 0.15) is 12.4 Å². The summed E-state index contributed by atoms with van der Waals surface area (Å²) in [6.07, 6.45) is 1.39. The van der Waals surface area contributed by atoms with Crippen LogP contribution in [0.1, 0.15) is 23.0 Å². The number of hydrogen-bond acceptors (Lipinski definition) is 3. The van der Waals surface area contributed by atoms with E-state index in [1.807, 2.05) is 0 Å². The maximum absolute atomic E-state index is 13.0. The molecule has 116 valence electrons. The van der Waals surface area contributed by atoms with Crippen molar-refractivity contribution in [1.82, 2.24) is 14.7 Å². The smallest absolute Gasteiger partial charge is 0.323 e. The van der Waals surface area contributed by atoms with E-state index in [0.29, 0.717) is 16.9 Å². The number of likely N-dealkylation sites (N-methyl/N-ethyl adjacent to an activating group) is 1. The third-order valence-corrected chi connectivity index (χ3v) is 3.31. The minimum Gasteiger partial charge on any atom is -0.480 e. The molecule has 0 aliphatic carbocycles. The Bertz CT molecular complexity index is 695. The zero-order valence-corrected chi connectivity index (χ0v) is 12.3. The number of hydrogen-bond donors (Lipinski definition) is 1. The predicted octanol–water partition coefficient (Wildman–Crippen LogP) is 1.87. The van der Waals surface area contributed by atoms with Crippen molar-refractivity contribution in [3.05, 3.63) is 47.5 Å². The second-order valence-corrected chi connectivity index (χ2v) is 4.74. The van der Waals surface area contributed by atoms with Crippen LogP contribution >= 0.6 is 0 Å². The largest absolute Gasteiger partial charge is 0.480 e. The lowest BCUT2D eigenvalue weighted by Crippen LogP contribution is -2.35. The van der Waals surface area contributed by atoms with Crippen LogP contribution in [0.2, 0.25) is 0 Å². The predicted molar refractivity (Wildman–Crippen MR) is 77.5 cm³/mol. The molecule has 0 saturated heterocycles. The zero-order valence-electron chi connectivity index (χ0n) is 12.3. The molecule has 0 spiro atoms. The Morgan fingerprint density at radius 1 is 1.32 bits per heavy atom. The molecule has 6 nitrogen and oxygen atoms in total. The molecular weight excluding hydrogens is 289 g/mol. The number of halogens is 1. The van der Waals surface area contributed by atoms with Gasteiger partial charge in [0, 0.05) is 6.54 Å². The lowest BCUT2D eigenvalue weighted by Gasteiger charge is -2.18. The van der Waals surface area contributed by atoms with E-state index in [9.17, 15) is 14.0 Å². The third-order valence-electron chi connectivity index (χ3n) is 3.31. The summed E-state index contributed by atoms with van der Waals surface area (Å²) >= 11 is 0. The van der Waals surface area contributed by atoms with E-state index in [2.05, 4.69) is 5.10 Å². The topological polar surface area (TPSA) is 75.4 Å². The van der Waals surface area contributed by atoms with Crippen LogP contribution in [0.15, 0.2) is 30.5 Å². The van der Waals surface area contributed by atoms with Crippen LogP contribution in [0.3, 0.4) is 0 Å². The van der Waals surface area contributed by atoms with E-state index in [1.165, 1.54) is 27.9 Å². The number of rotatable bonds is 5. The lowest BCUT2D eigenvalue weighted by atomic mass is 10.2. The fourth-order valence-electron chi connectivity index (χ4n) is 2.12. The van der Waals surface area contributed by atoms with Crippen LogP contribution in [0.25, 0.3) is 5.69 Å². The number of carbonyl (C=O) groups is 2. The number of carbonyl (C=O) groups excluding carboxylic acids is 1. The molecule has 1 amide bonds. The molecule has 0 unspecified atom stereocenters. The van der Waals surface area contributed by atoms with E-state index < -0.39 is 11.9 Å². The Morgan fingerprint density at radius 2 is 1.95 bits per heavy atom. The first kappa shape index (κ1) is 15.7. The van der Waals surface area contributed by atoms with Gasteiger partial charge in [-0.05, 0) is 38.1 Å². The second-order valence-electron chi connectivity index (χ2n) is 4.74. The van der Waals surface area contributed by atoms with Crippen LogP contribution in [-0.2, 0) is 4.79 Å². The molecule has 2 aromatic rings. The van der Waals surface area contributed by atoms with E-state index >= 15 is 0 Å². The molecule has 1 N–H and O–H groups in total. The van der Waals surface area contributed by atoms with Crippen molar-refractivity contribution < 1.29 is 19.1 Å². The molecule has 22 heavy (non-hydrogen) atoms. The van der Waals surface area contributed by atoms with E-state index in [0.717, 1.165) is 0 Å². The Morgan fingerprint density at radius 3 is 2.50 bits per heavy atom. The van der Waals surface area contributed by atoms with Gasteiger partial charge in [-0.25, -0.2) is 9.07 Å². The molecule has 0 bridgehead atoms. The molecule has 1 aromatic carbocycles. The first-order valence-electron chi connectivity index (χ1n) is 6.75. The van der Waals surface area contributed by atoms with Crippen LogP contribution in [0.4, 0.5) is 4.39 Å². The summed E-state index contributed by atoms with van der Waals surface area (Å²) < 4.78 is 14.5. The van der Waals surface area contributed by atoms with E-state index in [-0.39, 0.29) is 18.9 Å². The fraction of sp³-hybridized carbons (Fsp3) is 0.267. The number of amides is 1. The molecule has 0 atom stereocenters. The van der Waals surface area contributed by atoms with Crippen molar-refractivity contribution in [2.45, 2.75) is 13.8 Å². The van der Waals surface area contributed by atoms with Crippen molar-refractivity contribution in [3.63, 3.8) is 0 Å². The molecule has 1 heterocycles. The van der Waals surface area contributed by atoms with Crippen molar-refractivity contribution in [2.75, 3.05) is 13.1 Å². The molecule has 2 rings (SSSR count). The molecule has 0 fully saturated rings. The van der Waals surface area contributed by atoms with Gasteiger partial charge < -0.3 is 10.0 Å². The number of carboxylic acid groups (broad SMARTS) is 1. The Balaban J connectivity index is 2.32. The zero-order chi connectivity index (χ0) is 16.3. The number of aliphatic carboxylic acids is 1. The summed E-state index contributed by atoms with van der Waals surface area (Å²) in [5, 5.41) is 13.0. The molecule has 1 aromatic heterocycles. The minimum absolute atomic E-state index is 0.284. The second kappa shape index (κ2) is 6.38. The molecule has 0 aliphatic rings. The summed E-state index contributed by atoms with van der Waals surface area (Å²) in [5.41, 5.74) is 1.52. The number of benzene rings is 1. The van der Waals surface area contributed by atoms with Crippen molar-refractivity contribution in [3.8, 4) is 5.69 Å². The highest BCUT2D eigenvalue weighted by atomic mass is 19.1. The molecule has 0 saturated carbocycles. The van der Waals surface area contributed by atoms with Gasteiger partial charge in [-0.15, -0.1) is 0 Å². The number of carboxylic acids is 1. The van der Waals surface area contributed by atoms with E-state index in [4.69, 9.17) is 5.11 Å². The van der Waals surface area contributed by atoms with Crippen molar-refractivity contribution in [2.24, 2.45) is 0 Å². The summed E-state index contributed by atoms with van der Waals surface area (Å²) in [6, 6.07) is 5.72. The highest BCUT2D eigenvalue weighted by molar-refractivity contribution is 5.96. The van der Waals surface area contributed by atoms with Gasteiger partial charge in [0.2, 0.25) is 0 Å². The maximum Gasteiger partial charge on any atom is 0.323 e. The van der Waals surface area contributed by atoms with Gasteiger partial charge >= 0.3 is 5.97 Å². The monoisotopic (exact) mass is 305 g/mol. The number of nitrogens with zero attached hydrogens (tertiary/aromatic N) is 3. The molecular formula is C15H16FN3O3. The standard InChI is InChI=1S/C15H16FN3O3/c1-3-18(9-14(20)21)15(22)13-8-17-19(10(13)2)12-6-4-11(16)5-7-12/h4-8H,3,9H2,1-2H3,(H,20,21). The van der Waals surface area contributed by atoms with Gasteiger partial charge in [-0.2, -0.15) is 5.10 Å². The number of aromatic nitrogens is 2. The van der Waals surface area contributed by atoms with Gasteiger partial charge in [-0.1, -0.05) is 0 Å². The highest BCUT2D eigenvalue weighted by Crippen LogP contribution is 2.16. The first-order valence-corrected chi connectivity index (χ1v) is 6.75. The van der Waals surface area contributed by atoms with Gasteiger partial charge in [-0.3, -0.25) is 9.59 Å². The quantitative estimate of drug-likeness (QED) is 0.915. The highest BCUT2D eigenvalue weighted by Gasteiger charge is 2.21. The molecule has 0 radical (unpaired) electrons. The van der Waals surface area contributed by atoms with Crippen LogP contribution in [0, 0.1) is 12.7 Å². The first-order chi connectivity index (χ1) is 10.4. The molecule has 0 aliphatic heterocycles. The Labute approximate surface area is 126 Å². The normalized spacial score (nSPS) is 10.5. The van der Waals surface area contributed by atoms with Crippen LogP contribution < -0.4 is 0 Å². The van der Waals surface area contributed by atoms with Crippen molar-refractivity contribution >= 4 is 11.9 Å². The van der Waals surface area contributed by atoms with Gasteiger partial charge in [0.05, 0.1) is 23.1 Å². The van der Waals surface area contributed by atoms with Gasteiger partial charge in [0.25, 0.3) is 5.91 Å². The summed E-state index contributed by atoms with van der Waals surface area (Å²) in [5.74, 6) is -1.82. The van der Waals surface area contributed by atoms with Gasteiger partial charge in [0.15, 0.2) is 0 Å². The fourth-order valence-corrected chi connectivity index (χ4v) is 2.12. The van der Waals surface area contributed by atoms with E-state index in [1.54, 1.807) is 26.0 Å². The Kier molecular flexibility index (Phi) is 4.55. The van der Waals surface area contributed by atoms with Crippen LogP contribution in [-0.4, -0.2) is 44.8 Å². The average molecular weight is 305 g/mol. The van der Waals surface area contributed by atoms with Crippen molar-refractivity contribution in [1.29, 1.82) is 0 Å².